The maximum atomic E-state index is 12.8. The number of para-hydroxylation sites is 2. The molecular weight excluding hydrogens is 370 g/mol. The molecule has 1 aromatic heterocycles. The molecule has 140 valence electrons. The van der Waals surface area contributed by atoms with Crippen LogP contribution in [-0.2, 0) is 11.3 Å². The minimum absolute atomic E-state index is 0.0923. The zero-order valence-electron chi connectivity index (χ0n) is 15.7. The van der Waals surface area contributed by atoms with Crippen LogP contribution in [0.25, 0.3) is 22.4 Å². The van der Waals surface area contributed by atoms with Crippen molar-refractivity contribution in [1.29, 1.82) is 0 Å². The van der Waals surface area contributed by atoms with Crippen LogP contribution in [0.15, 0.2) is 66.7 Å². The van der Waals surface area contributed by atoms with Gasteiger partial charge in [-0.3, -0.25) is 4.79 Å². The molecular formula is C23H20ClN3O. The molecule has 0 fully saturated rings. The van der Waals surface area contributed by atoms with Crippen molar-refractivity contribution in [1.82, 2.24) is 9.55 Å². The van der Waals surface area contributed by atoms with Crippen molar-refractivity contribution in [2.75, 3.05) is 5.32 Å². The molecule has 1 amide bonds. The van der Waals surface area contributed by atoms with Crippen LogP contribution in [0.4, 0.5) is 5.69 Å². The van der Waals surface area contributed by atoms with Crippen molar-refractivity contribution < 1.29 is 4.79 Å². The molecule has 0 aliphatic heterocycles. The number of amides is 1. The zero-order valence-corrected chi connectivity index (χ0v) is 16.5. The van der Waals surface area contributed by atoms with E-state index in [4.69, 9.17) is 16.6 Å². The van der Waals surface area contributed by atoms with Gasteiger partial charge in [-0.1, -0.05) is 41.4 Å². The van der Waals surface area contributed by atoms with E-state index in [0.717, 1.165) is 33.7 Å². The summed E-state index contributed by atoms with van der Waals surface area (Å²) in [5.41, 5.74) is 5.73. The summed E-state index contributed by atoms with van der Waals surface area (Å²) in [7, 11) is 0. The number of hydrogen-bond donors (Lipinski definition) is 1. The lowest BCUT2D eigenvalue weighted by molar-refractivity contribution is -0.116. The van der Waals surface area contributed by atoms with Crippen molar-refractivity contribution in [3.05, 3.63) is 82.9 Å². The van der Waals surface area contributed by atoms with E-state index in [1.54, 1.807) is 0 Å². The smallest absolute Gasteiger partial charge is 0.244 e. The first-order valence-corrected chi connectivity index (χ1v) is 9.47. The molecule has 1 heterocycles. The first-order chi connectivity index (χ1) is 13.5. The number of nitrogens with zero attached hydrogens (tertiary/aromatic N) is 2. The Hall–Kier alpha value is -3.11. The van der Waals surface area contributed by atoms with Gasteiger partial charge in [-0.25, -0.2) is 4.98 Å². The second-order valence-corrected chi connectivity index (χ2v) is 7.32. The minimum Gasteiger partial charge on any atom is -0.324 e. The number of carbonyl (C=O) groups is 1. The number of hydrogen-bond acceptors (Lipinski definition) is 2. The lowest BCUT2D eigenvalue weighted by atomic mass is 10.1. The van der Waals surface area contributed by atoms with Crippen molar-refractivity contribution in [2.24, 2.45) is 0 Å². The Morgan fingerprint density at radius 2 is 1.79 bits per heavy atom. The van der Waals surface area contributed by atoms with E-state index in [1.165, 1.54) is 5.56 Å². The maximum Gasteiger partial charge on any atom is 0.244 e. The van der Waals surface area contributed by atoms with Gasteiger partial charge in [0.2, 0.25) is 5.91 Å². The van der Waals surface area contributed by atoms with Gasteiger partial charge in [0, 0.05) is 16.3 Å². The number of imidazole rings is 1. The number of benzene rings is 3. The molecule has 4 rings (SSSR count). The van der Waals surface area contributed by atoms with Gasteiger partial charge in [0.05, 0.1) is 11.0 Å². The summed E-state index contributed by atoms with van der Waals surface area (Å²) in [5.74, 6) is 0.652. The number of anilines is 1. The Kier molecular flexibility index (Phi) is 4.88. The summed E-state index contributed by atoms with van der Waals surface area (Å²) >= 11 is 6.03. The summed E-state index contributed by atoms with van der Waals surface area (Å²) in [6.45, 7) is 4.20. The summed E-state index contributed by atoms with van der Waals surface area (Å²) in [4.78, 5) is 17.6. The van der Waals surface area contributed by atoms with Crippen molar-refractivity contribution in [2.45, 2.75) is 20.4 Å². The molecule has 0 unspecified atom stereocenters. The molecule has 0 saturated heterocycles. The normalized spacial score (nSPS) is 11.0. The molecule has 5 heteroatoms. The average molecular weight is 390 g/mol. The largest absolute Gasteiger partial charge is 0.324 e. The monoisotopic (exact) mass is 389 g/mol. The SMILES string of the molecule is Cc1ccc(NC(=O)Cn2c(-c3ccc(Cl)cc3)nc3ccccc32)c(C)c1. The van der Waals surface area contributed by atoms with Crippen LogP contribution in [0.3, 0.4) is 0 Å². The number of rotatable bonds is 4. The van der Waals surface area contributed by atoms with Crippen molar-refractivity contribution in [3.8, 4) is 11.4 Å². The van der Waals surface area contributed by atoms with Crippen molar-refractivity contribution >= 4 is 34.2 Å². The highest BCUT2D eigenvalue weighted by molar-refractivity contribution is 6.30. The van der Waals surface area contributed by atoms with E-state index in [1.807, 2.05) is 79.1 Å². The third-order valence-electron chi connectivity index (χ3n) is 4.71. The average Bonchev–Trinajstić information content (AvgIpc) is 3.03. The van der Waals surface area contributed by atoms with Crippen LogP contribution in [-0.4, -0.2) is 15.5 Å². The highest BCUT2D eigenvalue weighted by atomic mass is 35.5. The standard InChI is InChI=1S/C23H20ClN3O/c1-15-7-12-19(16(2)13-15)25-22(28)14-27-21-6-4-3-5-20(21)26-23(27)17-8-10-18(24)11-9-17/h3-13H,14H2,1-2H3,(H,25,28). The summed E-state index contributed by atoms with van der Waals surface area (Å²) in [6, 6.07) is 21.3. The van der Waals surface area contributed by atoms with E-state index in [9.17, 15) is 4.79 Å². The molecule has 0 aliphatic carbocycles. The summed E-state index contributed by atoms with van der Waals surface area (Å²) in [6.07, 6.45) is 0. The van der Waals surface area contributed by atoms with Gasteiger partial charge in [-0.15, -0.1) is 0 Å². The fourth-order valence-corrected chi connectivity index (χ4v) is 3.47. The summed E-state index contributed by atoms with van der Waals surface area (Å²) < 4.78 is 1.94. The summed E-state index contributed by atoms with van der Waals surface area (Å²) in [5, 5.41) is 3.69. The molecule has 3 aromatic carbocycles. The molecule has 0 atom stereocenters. The van der Waals surface area contributed by atoms with Gasteiger partial charge in [0.15, 0.2) is 0 Å². The molecule has 0 spiro atoms. The minimum atomic E-state index is -0.0923. The van der Waals surface area contributed by atoms with Crippen LogP contribution < -0.4 is 5.32 Å². The topological polar surface area (TPSA) is 46.9 Å². The number of nitrogens with one attached hydrogen (secondary N) is 1. The second kappa shape index (κ2) is 7.49. The number of aryl methyl sites for hydroxylation is 2. The lowest BCUT2D eigenvalue weighted by Crippen LogP contribution is -2.19. The lowest BCUT2D eigenvalue weighted by Gasteiger charge is -2.12. The number of fused-ring (bicyclic) bond motifs is 1. The quantitative estimate of drug-likeness (QED) is 0.493. The Morgan fingerprint density at radius 3 is 2.54 bits per heavy atom. The Balaban J connectivity index is 1.70. The number of carbonyl (C=O) groups excluding carboxylic acids is 1. The van der Waals surface area contributed by atoms with Gasteiger partial charge in [0.1, 0.15) is 12.4 Å². The third kappa shape index (κ3) is 3.64. The molecule has 4 nitrogen and oxygen atoms in total. The van der Waals surface area contributed by atoms with E-state index >= 15 is 0 Å². The Bertz CT molecular complexity index is 1160. The first kappa shape index (κ1) is 18.3. The molecule has 1 N–H and O–H groups in total. The van der Waals surface area contributed by atoms with Crippen LogP contribution in [0, 0.1) is 13.8 Å². The van der Waals surface area contributed by atoms with Crippen LogP contribution in [0.1, 0.15) is 11.1 Å². The van der Waals surface area contributed by atoms with Gasteiger partial charge in [-0.05, 0) is 61.9 Å². The fraction of sp³-hybridized carbons (Fsp3) is 0.130. The number of aromatic nitrogens is 2. The molecule has 0 aliphatic rings. The molecule has 0 bridgehead atoms. The zero-order chi connectivity index (χ0) is 19.7. The number of halogens is 1. The van der Waals surface area contributed by atoms with E-state index < -0.39 is 0 Å². The van der Waals surface area contributed by atoms with Crippen LogP contribution >= 0.6 is 11.6 Å². The Morgan fingerprint density at radius 1 is 1.04 bits per heavy atom. The van der Waals surface area contributed by atoms with Gasteiger partial charge in [0.25, 0.3) is 0 Å². The molecule has 0 saturated carbocycles. The highest BCUT2D eigenvalue weighted by Crippen LogP contribution is 2.26. The Labute approximate surface area is 168 Å². The third-order valence-corrected chi connectivity index (χ3v) is 4.97. The second-order valence-electron chi connectivity index (χ2n) is 6.88. The van der Waals surface area contributed by atoms with E-state index in [-0.39, 0.29) is 12.5 Å². The predicted octanol–water partition coefficient (Wildman–Crippen LogP) is 5.61. The van der Waals surface area contributed by atoms with Crippen LogP contribution in [0.2, 0.25) is 5.02 Å². The molecule has 28 heavy (non-hydrogen) atoms. The highest BCUT2D eigenvalue weighted by Gasteiger charge is 2.15. The molecule has 0 radical (unpaired) electrons. The van der Waals surface area contributed by atoms with Crippen molar-refractivity contribution in [3.63, 3.8) is 0 Å². The first-order valence-electron chi connectivity index (χ1n) is 9.09. The van der Waals surface area contributed by atoms with E-state index in [0.29, 0.717) is 5.02 Å². The van der Waals surface area contributed by atoms with Gasteiger partial charge < -0.3 is 9.88 Å². The fourth-order valence-electron chi connectivity index (χ4n) is 3.34. The predicted molar refractivity (Wildman–Crippen MR) is 115 cm³/mol. The molecule has 4 aromatic rings. The van der Waals surface area contributed by atoms with Gasteiger partial charge in [-0.2, -0.15) is 0 Å². The van der Waals surface area contributed by atoms with Gasteiger partial charge >= 0.3 is 0 Å². The van der Waals surface area contributed by atoms with E-state index in [2.05, 4.69) is 11.4 Å². The van der Waals surface area contributed by atoms with Crippen LogP contribution in [0.5, 0.6) is 0 Å². The maximum absolute atomic E-state index is 12.8.